The molecule has 1 aliphatic carbocycles. The fourth-order valence-electron chi connectivity index (χ4n) is 5.31. The molecule has 1 aliphatic rings. The van der Waals surface area contributed by atoms with Crippen LogP contribution in [0.25, 0.3) is 0 Å². The molecule has 0 radical (unpaired) electrons. The Morgan fingerprint density at radius 2 is 1.43 bits per heavy atom. The van der Waals surface area contributed by atoms with Gasteiger partial charge in [0.1, 0.15) is 0 Å². The van der Waals surface area contributed by atoms with E-state index in [4.69, 9.17) is 33.9 Å². The summed E-state index contributed by atoms with van der Waals surface area (Å²) in [5.41, 5.74) is 1.38. The fourth-order valence-corrected chi connectivity index (χ4v) is 7.48. The van der Waals surface area contributed by atoms with E-state index in [9.17, 15) is 9.59 Å². The first-order chi connectivity index (χ1) is 20.1. The molecular formula is C30H40N4O4S4. The summed E-state index contributed by atoms with van der Waals surface area (Å²) in [6.07, 6.45) is 6.49. The largest absolute Gasteiger partial charge is 0.450 e. The van der Waals surface area contributed by atoms with Crippen LogP contribution in [0.3, 0.4) is 0 Å². The van der Waals surface area contributed by atoms with E-state index in [1.807, 2.05) is 36.4 Å². The Morgan fingerprint density at radius 3 is 1.95 bits per heavy atom. The number of thiocarbonyl (C=S) groups is 2. The molecule has 0 bridgehead atoms. The van der Waals surface area contributed by atoms with Crippen LogP contribution in [-0.4, -0.2) is 67.9 Å². The molecular weight excluding hydrogens is 609 g/mol. The number of ether oxygens (including phenoxy) is 2. The van der Waals surface area contributed by atoms with Crippen LogP contribution < -0.4 is 10.6 Å². The summed E-state index contributed by atoms with van der Waals surface area (Å²) in [5, 5.41) is 5.98. The van der Waals surface area contributed by atoms with Gasteiger partial charge in [-0.15, -0.1) is 23.5 Å². The van der Waals surface area contributed by atoms with Gasteiger partial charge >= 0.3 is 12.2 Å². The number of nitrogens with zero attached hydrogens (tertiary/aromatic N) is 2. The second kappa shape index (κ2) is 17.1. The zero-order valence-electron chi connectivity index (χ0n) is 24.4. The summed E-state index contributed by atoms with van der Waals surface area (Å²) in [5.74, 6) is 1.49. The minimum atomic E-state index is -0.429. The number of hydrogen-bond acceptors (Lipinski definition) is 10. The molecule has 2 N–H and O–H groups in total. The van der Waals surface area contributed by atoms with Gasteiger partial charge in [0, 0.05) is 36.5 Å². The highest BCUT2D eigenvalue weighted by atomic mass is 32.2. The number of nitrogens with one attached hydrogen (secondary N) is 2. The van der Waals surface area contributed by atoms with Crippen LogP contribution in [0.5, 0.6) is 0 Å². The monoisotopic (exact) mass is 648 g/mol. The average molecular weight is 649 g/mol. The zero-order chi connectivity index (χ0) is 30.4. The third-order valence-corrected chi connectivity index (χ3v) is 9.74. The van der Waals surface area contributed by atoms with Crippen LogP contribution in [-0.2, 0) is 9.47 Å². The van der Waals surface area contributed by atoms with Crippen molar-refractivity contribution in [2.24, 2.45) is 10.8 Å². The van der Waals surface area contributed by atoms with E-state index >= 15 is 0 Å². The Morgan fingerprint density at radius 1 is 0.881 bits per heavy atom. The zero-order valence-corrected chi connectivity index (χ0v) is 27.7. The normalized spacial score (nSPS) is 19.4. The van der Waals surface area contributed by atoms with Gasteiger partial charge in [0.2, 0.25) is 0 Å². The molecule has 2 aromatic heterocycles. The summed E-state index contributed by atoms with van der Waals surface area (Å²) in [6.45, 7) is 7.63. The average Bonchev–Trinajstić information content (AvgIpc) is 2.95. The molecule has 1 saturated carbocycles. The van der Waals surface area contributed by atoms with E-state index in [1.165, 1.54) is 23.5 Å². The third kappa shape index (κ3) is 12.5. The molecule has 0 aliphatic heterocycles. The van der Waals surface area contributed by atoms with Crippen molar-refractivity contribution >= 4 is 68.5 Å². The smallest absolute Gasteiger partial charge is 0.407 e. The molecule has 2 unspecified atom stereocenters. The van der Waals surface area contributed by atoms with Gasteiger partial charge in [-0.1, -0.05) is 57.3 Å². The van der Waals surface area contributed by atoms with E-state index in [-0.39, 0.29) is 16.9 Å². The van der Waals surface area contributed by atoms with Crippen molar-refractivity contribution in [3.63, 3.8) is 0 Å². The van der Waals surface area contributed by atoms with Crippen molar-refractivity contribution in [3.05, 3.63) is 60.2 Å². The van der Waals surface area contributed by atoms with Crippen molar-refractivity contribution in [2.45, 2.75) is 58.9 Å². The van der Waals surface area contributed by atoms with E-state index < -0.39 is 12.2 Å². The molecule has 8 nitrogen and oxygen atoms in total. The molecule has 0 spiro atoms. The summed E-state index contributed by atoms with van der Waals surface area (Å²) >= 11 is 13.9. The minimum absolute atomic E-state index is 0.00239. The Balaban J connectivity index is 1.31. The van der Waals surface area contributed by atoms with Crippen molar-refractivity contribution < 1.29 is 19.1 Å². The first kappa shape index (κ1) is 34.2. The van der Waals surface area contributed by atoms with Crippen LogP contribution in [0, 0.1) is 10.8 Å². The highest BCUT2D eigenvalue weighted by Gasteiger charge is 2.42. The van der Waals surface area contributed by atoms with Crippen molar-refractivity contribution in [1.29, 1.82) is 0 Å². The summed E-state index contributed by atoms with van der Waals surface area (Å²) < 4.78 is 12.3. The van der Waals surface area contributed by atoms with Gasteiger partial charge in [-0.05, 0) is 67.2 Å². The van der Waals surface area contributed by atoms with Crippen LogP contribution >= 0.6 is 48.0 Å². The Kier molecular flexibility index (Phi) is 13.9. The maximum atomic E-state index is 12.5. The first-order valence-electron chi connectivity index (χ1n) is 14.1. The number of carbonyl (C=O) groups is 2. The maximum Gasteiger partial charge on any atom is 0.407 e. The predicted molar refractivity (Wildman–Crippen MR) is 179 cm³/mol. The van der Waals surface area contributed by atoms with Crippen LogP contribution in [0.4, 0.5) is 9.59 Å². The van der Waals surface area contributed by atoms with Gasteiger partial charge in [-0.3, -0.25) is 9.97 Å². The molecule has 0 saturated heterocycles. The number of amides is 2. The van der Waals surface area contributed by atoms with E-state index in [2.05, 4.69) is 41.4 Å². The lowest BCUT2D eigenvalue weighted by Gasteiger charge is -2.46. The molecule has 0 aromatic carbocycles. The summed E-state index contributed by atoms with van der Waals surface area (Å²) in [7, 11) is 0. The van der Waals surface area contributed by atoms with Gasteiger partial charge in [0.05, 0.1) is 33.0 Å². The number of hydrogen-bond donors (Lipinski definition) is 2. The third-order valence-electron chi connectivity index (χ3n) is 6.68. The fraction of sp³-hybridized carbons (Fsp3) is 0.533. The standard InChI is InChI=1S/C30H40N4O4S4/c1-29(2)18-22(34-28(36)38-15-9-17-42-26(40)24-11-5-7-13-32-24)19-30(3,20-29)21-33-27(35)37-14-8-16-41-25(39)23-10-4-6-12-31-23/h4-7,10-13,22H,8-9,14-21H2,1-3H3,(H,33,35)(H,34,36). The number of aromatic nitrogens is 2. The van der Waals surface area contributed by atoms with Crippen molar-refractivity contribution in [3.8, 4) is 0 Å². The van der Waals surface area contributed by atoms with E-state index in [0.717, 1.165) is 50.5 Å². The molecule has 3 rings (SSSR count). The maximum absolute atomic E-state index is 12.5. The molecule has 42 heavy (non-hydrogen) atoms. The second-order valence-electron chi connectivity index (χ2n) is 11.4. The number of rotatable bonds is 13. The molecule has 2 atom stereocenters. The topological polar surface area (TPSA) is 102 Å². The first-order valence-corrected chi connectivity index (χ1v) is 16.8. The van der Waals surface area contributed by atoms with Gasteiger partial charge in [-0.2, -0.15) is 0 Å². The Bertz CT molecular complexity index is 1190. The quantitative estimate of drug-likeness (QED) is 0.178. The summed E-state index contributed by atoms with van der Waals surface area (Å²) in [6, 6.07) is 11.3. The number of pyridine rings is 2. The lowest BCUT2D eigenvalue weighted by atomic mass is 9.62. The van der Waals surface area contributed by atoms with E-state index in [0.29, 0.717) is 32.6 Å². The van der Waals surface area contributed by atoms with Crippen molar-refractivity contribution in [1.82, 2.24) is 20.6 Å². The minimum Gasteiger partial charge on any atom is -0.450 e. The van der Waals surface area contributed by atoms with Gasteiger partial charge in [0.25, 0.3) is 0 Å². The highest BCUT2D eigenvalue weighted by Crippen LogP contribution is 2.45. The van der Waals surface area contributed by atoms with Crippen LogP contribution in [0.15, 0.2) is 48.8 Å². The number of thioether (sulfide) groups is 2. The summed E-state index contributed by atoms with van der Waals surface area (Å²) in [4.78, 5) is 33.4. The van der Waals surface area contributed by atoms with Crippen molar-refractivity contribution in [2.75, 3.05) is 31.3 Å². The lowest BCUT2D eigenvalue weighted by Crippen LogP contribution is -2.50. The van der Waals surface area contributed by atoms with Gasteiger partial charge < -0.3 is 20.1 Å². The Hall–Kier alpha value is -2.28. The van der Waals surface area contributed by atoms with Crippen LogP contribution in [0.2, 0.25) is 0 Å². The SMILES string of the molecule is CC1(C)CC(NC(=O)OCCCSC(=S)c2ccccn2)CC(C)(CNC(=O)OCCCSC(=S)c2ccccn2)C1. The number of carbonyl (C=O) groups excluding carboxylic acids is 2. The molecule has 1 fully saturated rings. The predicted octanol–water partition coefficient (Wildman–Crippen LogP) is 6.81. The molecule has 2 amide bonds. The molecule has 12 heteroatoms. The molecule has 2 heterocycles. The molecule has 2 aromatic rings. The highest BCUT2D eigenvalue weighted by molar-refractivity contribution is 8.24. The van der Waals surface area contributed by atoms with Gasteiger partial charge in [0.15, 0.2) is 0 Å². The second-order valence-corrected chi connectivity index (χ2v) is 15.0. The lowest BCUT2D eigenvalue weighted by molar-refractivity contribution is 0.0625. The number of alkyl carbamates (subject to hydrolysis) is 2. The van der Waals surface area contributed by atoms with E-state index in [1.54, 1.807) is 12.4 Å². The molecule has 228 valence electrons. The Labute approximate surface area is 268 Å². The van der Waals surface area contributed by atoms with Crippen LogP contribution in [0.1, 0.15) is 64.3 Å². The van der Waals surface area contributed by atoms with Gasteiger partial charge in [-0.25, -0.2) is 9.59 Å².